The van der Waals surface area contributed by atoms with E-state index in [1.165, 1.54) is 18.2 Å². The van der Waals surface area contributed by atoms with E-state index in [-0.39, 0.29) is 21.2 Å². The Balaban J connectivity index is 2.11. The van der Waals surface area contributed by atoms with Crippen molar-refractivity contribution in [2.24, 2.45) is 0 Å². The lowest BCUT2D eigenvalue weighted by Gasteiger charge is -2.17. The highest BCUT2D eigenvalue weighted by molar-refractivity contribution is 9.10. The Labute approximate surface area is 202 Å². The molecular formula is C21H15BrClF7N2O2. The first-order chi connectivity index (χ1) is 15.7. The standard InChI is InChI=1S/C21H15BrClF7N2O2/c22-15-7-11(1-4-13(15)19(34)31-9-18(33)32-10-20(25,26)27)2-5-14(21(28,29)30)12-3-6-17(24)16(23)8-12/h1-8,14H,9-10H2,(H,31,34)(H,32,33). The van der Waals surface area contributed by atoms with Crippen molar-refractivity contribution in [1.29, 1.82) is 0 Å². The minimum atomic E-state index is -4.69. The first-order valence-corrected chi connectivity index (χ1v) is 10.5. The van der Waals surface area contributed by atoms with Crippen LogP contribution >= 0.6 is 27.5 Å². The van der Waals surface area contributed by atoms with E-state index in [1.54, 1.807) is 5.32 Å². The summed E-state index contributed by atoms with van der Waals surface area (Å²) in [6, 6.07) is 6.60. The molecule has 184 valence electrons. The van der Waals surface area contributed by atoms with Crippen molar-refractivity contribution in [2.75, 3.05) is 13.1 Å². The highest BCUT2D eigenvalue weighted by atomic mass is 79.9. The van der Waals surface area contributed by atoms with E-state index in [1.807, 2.05) is 0 Å². The van der Waals surface area contributed by atoms with Crippen molar-refractivity contribution in [3.05, 3.63) is 74.5 Å². The molecule has 0 saturated carbocycles. The van der Waals surface area contributed by atoms with Gasteiger partial charge in [-0.2, -0.15) is 26.3 Å². The van der Waals surface area contributed by atoms with Crippen molar-refractivity contribution >= 4 is 45.4 Å². The molecule has 2 aromatic carbocycles. The summed E-state index contributed by atoms with van der Waals surface area (Å²) < 4.78 is 90.3. The SMILES string of the molecule is O=C(CNC(=O)c1ccc(C=CC(c2ccc(F)c(Cl)c2)C(F)(F)F)cc1Br)NCC(F)(F)F. The molecule has 0 heterocycles. The van der Waals surface area contributed by atoms with Crippen LogP contribution in [0.4, 0.5) is 30.7 Å². The highest BCUT2D eigenvalue weighted by Crippen LogP contribution is 2.37. The van der Waals surface area contributed by atoms with Gasteiger partial charge in [-0.1, -0.05) is 35.9 Å². The summed E-state index contributed by atoms with van der Waals surface area (Å²) in [5.41, 5.74) is 0.00118. The van der Waals surface area contributed by atoms with Crippen LogP contribution in [-0.2, 0) is 4.79 Å². The molecule has 2 rings (SSSR count). The zero-order chi connectivity index (χ0) is 25.7. The molecule has 0 fully saturated rings. The number of carbonyl (C=O) groups is 2. The van der Waals surface area contributed by atoms with Crippen LogP contribution in [0.3, 0.4) is 0 Å². The van der Waals surface area contributed by atoms with Gasteiger partial charge in [-0.15, -0.1) is 0 Å². The average Bonchev–Trinajstić information content (AvgIpc) is 2.71. The number of hydrogen-bond acceptors (Lipinski definition) is 2. The minimum absolute atomic E-state index is 0.00143. The Kier molecular flexibility index (Phi) is 9.12. The lowest BCUT2D eigenvalue weighted by Crippen LogP contribution is -2.40. The second kappa shape index (κ2) is 11.2. The van der Waals surface area contributed by atoms with E-state index in [0.717, 1.165) is 30.4 Å². The molecule has 1 atom stereocenters. The molecule has 1 unspecified atom stereocenters. The van der Waals surface area contributed by atoms with Crippen LogP contribution in [0.1, 0.15) is 27.4 Å². The number of amides is 2. The number of hydrogen-bond donors (Lipinski definition) is 2. The minimum Gasteiger partial charge on any atom is -0.345 e. The first kappa shape index (κ1) is 27.6. The van der Waals surface area contributed by atoms with Crippen LogP contribution in [0, 0.1) is 5.82 Å². The maximum Gasteiger partial charge on any atom is 0.405 e. The molecule has 0 aliphatic heterocycles. The molecule has 0 radical (unpaired) electrons. The Morgan fingerprint density at radius 1 is 1.03 bits per heavy atom. The number of rotatable bonds is 7. The first-order valence-electron chi connectivity index (χ1n) is 9.28. The van der Waals surface area contributed by atoms with Crippen molar-refractivity contribution in [1.82, 2.24) is 10.6 Å². The number of alkyl halides is 6. The van der Waals surface area contributed by atoms with E-state index in [4.69, 9.17) is 11.6 Å². The summed E-state index contributed by atoms with van der Waals surface area (Å²) in [7, 11) is 0. The third kappa shape index (κ3) is 8.32. The van der Waals surface area contributed by atoms with Crippen LogP contribution in [-0.4, -0.2) is 37.3 Å². The van der Waals surface area contributed by atoms with Gasteiger partial charge in [-0.3, -0.25) is 9.59 Å². The average molecular weight is 576 g/mol. The molecule has 0 aliphatic rings. The quantitative estimate of drug-likeness (QED) is 0.398. The van der Waals surface area contributed by atoms with Crippen LogP contribution in [0.15, 0.2) is 46.9 Å². The molecule has 0 aliphatic carbocycles. The molecule has 2 aromatic rings. The van der Waals surface area contributed by atoms with Crippen LogP contribution in [0.2, 0.25) is 5.02 Å². The van der Waals surface area contributed by atoms with Crippen molar-refractivity contribution < 1.29 is 40.3 Å². The Hall–Kier alpha value is -2.60. The van der Waals surface area contributed by atoms with Gasteiger partial charge in [0.05, 0.1) is 23.0 Å². The van der Waals surface area contributed by atoms with E-state index >= 15 is 0 Å². The lowest BCUT2D eigenvalue weighted by molar-refractivity contribution is -0.139. The lowest BCUT2D eigenvalue weighted by atomic mass is 9.97. The summed E-state index contributed by atoms with van der Waals surface area (Å²) in [4.78, 5) is 23.6. The molecule has 4 nitrogen and oxygen atoms in total. The van der Waals surface area contributed by atoms with Crippen LogP contribution in [0.5, 0.6) is 0 Å². The molecule has 2 N–H and O–H groups in total. The zero-order valence-electron chi connectivity index (χ0n) is 16.8. The van der Waals surface area contributed by atoms with Gasteiger partial charge in [-0.25, -0.2) is 4.39 Å². The highest BCUT2D eigenvalue weighted by Gasteiger charge is 2.39. The van der Waals surface area contributed by atoms with E-state index < -0.39 is 54.0 Å². The number of carbonyl (C=O) groups excluding carboxylic acids is 2. The van der Waals surface area contributed by atoms with Crippen LogP contribution < -0.4 is 10.6 Å². The molecule has 13 heteroatoms. The van der Waals surface area contributed by atoms with Gasteiger partial charge < -0.3 is 10.6 Å². The van der Waals surface area contributed by atoms with Crippen molar-refractivity contribution in [2.45, 2.75) is 18.3 Å². The molecular weight excluding hydrogens is 561 g/mol. The van der Waals surface area contributed by atoms with Gasteiger partial charge in [0.15, 0.2) is 0 Å². The summed E-state index contributed by atoms with van der Waals surface area (Å²) in [5.74, 6) is -4.78. The third-order valence-corrected chi connectivity index (χ3v) is 5.22. The van der Waals surface area contributed by atoms with Gasteiger partial charge >= 0.3 is 12.4 Å². The predicted molar refractivity (Wildman–Crippen MR) is 115 cm³/mol. The number of allylic oxidation sites excluding steroid dienone is 1. The smallest absolute Gasteiger partial charge is 0.345 e. The maximum atomic E-state index is 13.5. The van der Waals surface area contributed by atoms with Gasteiger partial charge in [0, 0.05) is 4.47 Å². The summed E-state index contributed by atoms with van der Waals surface area (Å²) >= 11 is 8.69. The van der Waals surface area contributed by atoms with E-state index in [2.05, 4.69) is 21.2 Å². The molecule has 0 saturated heterocycles. The van der Waals surface area contributed by atoms with Gasteiger partial charge in [0.25, 0.3) is 5.91 Å². The normalized spacial score (nSPS) is 13.1. The van der Waals surface area contributed by atoms with Gasteiger partial charge in [0.2, 0.25) is 5.91 Å². The van der Waals surface area contributed by atoms with Gasteiger partial charge in [0.1, 0.15) is 12.4 Å². The molecule has 0 aromatic heterocycles. The molecule has 34 heavy (non-hydrogen) atoms. The maximum absolute atomic E-state index is 13.5. The molecule has 2 amide bonds. The van der Waals surface area contributed by atoms with E-state index in [0.29, 0.717) is 0 Å². The fraction of sp³-hybridized carbons (Fsp3) is 0.238. The molecule has 0 spiro atoms. The zero-order valence-corrected chi connectivity index (χ0v) is 19.2. The van der Waals surface area contributed by atoms with Crippen LogP contribution in [0.25, 0.3) is 6.08 Å². The fourth-order valence-corrected chi connectivity index (χ4v) is 3.42. The number of nitrogens with one attached hydrogen (secondary N) is 2. The van der Waals surface area contributed by atoms with Crippen molar-refractivity contribution in [3.63, 3.8) is 0 Å². The number of halogens is 9. The Bertz CT molecular complexity index is 1090. The molecule has 0 bridgehead atoms. The second-order valence-corrected chi connectivity index (χ2v) is 8.13. The second-order valence-electron chi connectivity index (χ2n) is 6.87. The Morgan fingerprint density at radius 3 is 2.26 bits per heavy atom. The largest absolute Gasteiger partial charge is 0.405 e. The monoisotopic (exact) mass is 574 g/mol. The predicted octanol–water partition coefficient (Wildman–Crippen LogP) is 6.01. The van der Waals surface area contributed by atoms with E-state index in [9.17, 15) is 40.3 Å². The van der Waals surface area contributed by atoms with Crippen molar-refractivity contribution in [3.8, 4) is 0 Å². The Morgan fingerprint density at radius 2 is 1.71 bits per heavy atom. The fourth-order valence-electron chi connectivity index (χ4n) is 2.66. The third-order valence-electron chi connectivity index (χ3n) is 4.27. The number of benzene rings is 2. The summed E-state index contributed by atoms with van der Waals surface area (Å²) in [6.07, 6.45) is -7.30. The topological polar surface area (TPSA) is 58.2 Å². The summed E-state index contributed by atoms with van der Waals surface area (Å²) in [6.45, 7) is -2.26. The van der Waals surface area contributed by atoms with Gasteiger partial charge in [-0.05, 0) is 51.3 Å². The summed E-state index contributed by atoms with van der Waals surface area (Å²) in [5, 5.41) is 3.28.